The molecule has 1 amide bonds. The van der Waals surface area contributed by atoms with Crippen molar-refractivity contribution in [1.82, 2.24) is 9.80 Å². The van der Waals surface area contributed by atoms with E-state index in [4.69, 9.17) is 0 Å². The molecule has 0 bridgehead atoms. The second-order valence-electron chi connectivity index (χ2n) is 3.96. The third-order valence-corrected chi connectivity index (χ3v) is 2.69. The van der Waals surface area contributed by atoms with Gasteiger partial charge >= 0.3 is 0 Å². The summed E-state index contributed by atoms with van der Waals surface area (Å²) >= 11 is 0. The van der Waals surface area contributed by atoms with Crippen LogP contribution in [0.4, 0.5) is 0 Å². The van der Waals surface area contributed by atoms with Crippen molar-refractivity contribution in [2.45, 2.75) is 13.5 Å². The number of hydrogen-bond acceptors (Lipinski definition) is 2. The molecule has 1 rings (SSSR count). The Hall–Kier alpha value is -1.35. The van der Waals surface area contributed by atoms with E-state index in [-0.39, 0.29) is 0 Å². The second kappa shape index (κ2) is 7.01. The van der Waals surface area contributed by atoms with E-state index in [0.717, 1.165) is 26.0 Å². The van der Waals surface area contributed by atoms with Crippen LogP contribution in [0.2, 0.25) is 0 Å². The molecule has 88 valence electrons. The summed E-state index contributed by atoms with van der Waals surface area (Å²) < 4.78 is 0. The molecule has 0 atom stereocenters. The molecule has 0 radical (unpaired) electrons. The van der Waals surface area contributed by atoms with Gasteiger partial charge in [-0.15, -0.1) is 0 Å². The third kappa shape index (κ3) is 4.45. The Kier molecular flexibility index (Phi) is 5.57. The predicted octanol–water partition coefficient (Wildman–Crippen LogP) is 1.60. The van der Waals surface area contributed by atoms with Crippen molar-refractivity contribution in [1.29, 1.82) is 0 Å². The number of rotatable bonds is 7. The summed E-state index contributed by atoms with van der Waals surface area (Å²) in [5, 5.41) is 0. The Morgan fingerprint density at radius 1 is 1.19 bits per heavy atom. The quantitative estimate of drug-likeness (QED) is 0.652. The second-order valence-corrected chi connectivity index (χ2v) is 3.96. The van der Waals surface area contributed by atoms with Gasteiger partial charge in [0.15, 0.2) is 0 Å². The van der Waals surface area contributed by atoms with Crippen LogP contribution in [0.15, 0.2) is 30.3 Å². The molecule has 0 fully saturated rings. The maximum Gasteiger partial charge on any atom is 0.210 e. The number of benzene rings is 1. The van der Waals surface area contributed by atoms with E-state index in [2.05, 4.69) is 18.9 Å². The molecule has 0 unspecified atom stereocenters. The molecular weight excluding hydrogens is 200 g/mol. The van der Waals surface area contributed by atoms with E-state index >= 15 is 0 Å². The van der Waals surface area contributed by atoms with Crippen LogP contribution in [0, 0.1) is 0 Å². The highest BCUT2D eigenvalue weighted by molar-refractivity contribution is 5.47. The van der Waals surface area contributed by atoms with Gasteiger partial charge in [-0.3, -0.25) is 4.79 Å². The number of hydrogen-bond donors (Lipinski definition) is 0. The monoisotopic (exact) mass is 220 g/mol. The largest absolute Gasteiger partial charge is 0.340 e. The molecule has 0 aliphatic heterocycles. The van der Waals surface area contributed by atoms with Crippen LogP contribution in [0.3, 0.4) is 0 Å². The molecule has 0 spiro atoms. The van der Waals surface area contributed by atoms with Crippen molar-refractivity contribution < 1.29 is 4.79 Å². The van der Waals surface area contributed by atoms with Crippen LogP contribution >= 0.6 is 0 Å². The Morgan fingerprint density at radius 3 is 2.44 bits per heavy atom. The number of nitrogens with zero attached hydrogens (tertiary/aromatic N) is 2. The Labute approximate surface area is 97.7 Å². The average Bonchev–Trinajstić information content (AvgIpc) is 2.35. The fraction of sp³-hybridized carbons (Fsp3) is 0.462. The molecule has 0 aliphatic rings. The van der Waals surface area contributed by atoms with Gasteiger partial charge in [-0.05, 0) is 19.2 Å². The molecule has 3 heteroatoms. The van der Waals surface area contributed by atoms with Gasteiger partial charge in [0.2, 0.25) is 6.41 Å². The molecule has 0 heterocycles. The highest BCUT2D eigenvalue weighted by Gasteiger charge is 2.03. The smallest absolute Gasteiger partial charge is 0.210 e. The number of amides is 1. The van der Waals surface area contributed by atoms with E-state index in [1.165, 1.54) is 5.56 Å². The van der Waals surface area contributed by atoms with Crippen LogP contribution in [0.1, 0.15) is 12.5 Å². The zero-order valence-electron chi connectivity index (χ0n) is 10.1. The first-order valence-electron chi connectivity index (χ1n) is 5.68. The molecule has 3 nitrogen and oxygen atoms in total. The molecule has 0 aliphatic carbocycles. The van der Waals surface area contributed by atoms with E-state index in [0.29, 0.717) is 6.54 Å². The molecule has 1 aromatic carbocycles. The van der Waals surface area contributed by atoms with Gasteiger partial charge in [0.25, 0.3) is 0 Å². The lowest BCUT2D eigenvalue weighted by molar-refractivity contribution is -0.118. The van der Waals surface area contributed by atoms with Gasteiger partial charge in [-0.25, -0.2) is 0 Å². The first-order chi connectivity index (χ1) is 7.76. The van der Waals surface area contributed by atoms with Crippen molar-refractivity contribution in [2.24, 2.45) is 0 Å². The van der Waals surface area contributed by atoms with Gasteiger partial charge in [0.05, 0.1) is 0 Å². The number of carbonyl (C=O) groups excluding carboxylic acids is 1. The van der Waals surface area contributed by atoms with Gasteiger partial charge < -0.3 is 9.80 Å². The third-order valence-electron chi connectivity index (χ3n) is 2.69. The van der Waals surface area contributed by atoms with Crippen molar-refractivity contribution in [3.8, 4) is 0 Å². The molecule has 0 saturated heterocycles. The SMILES string of the molecule is CCN(C)CCN(C=O)Cc1ccccc1. The average molecular weight is 220 g/mol. The Balaban J connectivity index is 2.40. The van der Waals surface area contributed by atoms with Crippen molar-refractivity contribution >= 4 is 6.41 Å². The molecule has 0 N–H and O–H groups in total. The molecule has 0 aromatic heterocycles. The van der Waals surface area contributed by atoms with Gasteiger partial charge in [-0.1, -0.05) is 37.3 Å². The fourth-order valence-electron chi connectivity index (χ4n) is 1.44. The van der Waals surface area contributed by atoms with E-state index < -0.39 is 0 Å². The van der Waals surface area contributed by atoms with Crippen molar-refractivity contribution in [3.05, 3.63) is 35.9 Å². The van der Waals surface area contributed by atoms with Gasteiger partial charge in [0, 0.05) is 19.6 Å². The van der Waals surface area contributed by atoms with E-state index in [1.54, 1.807) is 0 Å². The Morgan fingerprint density at radius 2 is 1.88 bits per heavy atom. The molecule has 1 aromatic rings. The molecule has 16 heavy (non-hydrogen) atoms. The molecular formula is C13H20N2O. The normalized spacial score (nSPS) is 10.4. The summed E-state index contributed by atoms with van der Waals surface area (Å²) in [7, 11) is 2.06. The lowest BCUT2D eigenvalue weighted by atomic mass is 10.2. The lowest BCUT2D eigenvalue weighted by Crippen LogP contribution is -2.32. The summed E-state index contributed by atoms with van der Waals surface area (Å²) in [6, 6.07) is 10.1. The highest BCUT2D eigenvalue weighted by atomic mass is 16.1. The summed E-state index contributed by atoms with van der Waals surface area (Å²) in [5.41, 5.74) is 1.17. The first-order valence-corrected chi connectivity index (χ1v) is 5.68. The first kappa shape index (κ1) is 12.7. The maximum atomic E-state index is 10.9. The van der Waals surface area contributed by atoms with Crippen LogP contribution in [0.5, 0.6) is 0 Å². The summed E-state index contributed by atoms with van der Waals surface area (Å²) in [6.07, 6.45) is 0.927. The summed E-state index contributed by atoms with van der Waals surface area (Å²) in [5.74, 6) is 0. The van der Waals surface area contributed by atoms with E-state index in [1.807, 2.05) is 35.2 Å². The highest BCUT2D eigenvalue weighted by Crippen LogP contribution is 2.02. The number of carbonyl (C=O) groups is 1. The zero-order valence-corrected chi connectivity index (χ0v) is 10.1. The standard InChI is InChI=1S/C13H20N2O/c1-3-14(2)9-10-15(12-16)11-13-7-5-4-6-8-13/h4-8,12H,3,9-11H2,1-2H3. The van der Waals surface area contributed by atoms with Crippen molar-refractivity contribution in [3.63, 3.8) is 0 Å². The van der Waals surface area contributed by atoms with Crippen LogP contribution < -0.4 is 0 Å². The predicted molar refractivity (Wildman–Crippen MR) is 66.1 cm³/mol. The summed E-state index contributed by atoms with van der Waals surface area (Å²) in [6.45, 7) is 5.52. The zero-order chi connectivity index (χ0) is 11.8. The maximum absolute atomic E-state index is 10.9. The van der Waals surface area contributed by atoms with Gasteiger partial charge in [0.1, 0.15) is 0 Å². The molecule has 0 saturated carbocycles. The Bertz CT molecular complexity index is 300. The fourth-order valence-corrected chi connectivity index (χ4v) is 1.44. The van der Waals surface area contributed by atoms with Crippen LogP contribution in [0.25, 0.3) is 0 Å². The van der Waals surface area contributed by atoms with Gasteiger partial charge in [-0.2, -0.15) is 0 Å². The van der Waals surface area contributed by atoms with E-state index in [9.17, 15) is 4.79 Å². The number of likely N-dealkylation sites (N-methyl/N-ethyl adjacent to an activating group) is 1. The van der Waals surface area contributed by atoms with Crippen LogP contribution in [-0.4, -0.2) is 42.9 Å². The van der Waals surface area contributed by atoms with Crippen LogP contribution in [-0.2, 0) is 11.3 Å². The topological polar surface area (TPSA) is 23.6 Å². The summed E-state index contributed by atoms with van der Waals surface area (Å²) in [4.78, 5) is 14.9. The minimum atomic E-state index is 0.696. The lowest BCUT2D eigenvalue weighted by Gasteiger charge is -2.21. The minimum absolute atomic E-state index is 0.696. The van der Waals surface area contributed by atoms with Crippen molar-refractivity contribution in [2.75, 3.05) is 26.7 Å². The minimum Gasteiger partial charge on any atom is -0.340 e.